The average molecular weight is 270 g/mol. The van der Waals surface area contributed by atoms with E-state index in [2.05, 4.69) is 48.5 Å². The van der Waals surface area contributed by atoms with Crippen LogP contribution in [-0.4, -0.2) is 12.0 Å². The van der Waals surface area contributed by atoms with Crippen LogP contribution in [0.4, 0.5) is 0 Å². The lowest BCUT2D eigenvalue weighted by atomic mass is 9.97. The molecule has 0 aliphatic heterocycles. The quantitative estimate of drug-likeness (QED) is 0.693. The largest absolute Gasteiger partial charge is 0.313 e. The molecule has 0 radical (unpaired) electrons. The molecule has 0 fully saturated rings. The van der Waals surface area contributed by atoms with Gasteiger partial charge in [-0.15, -0.1) is 0 Å². The fraction of sp³-hybridized carbons (Fsp3) is 0.500. The van der Waals surface area contributed by atoms with Gasteiger partial charge in [-0.25, -0.2) is 0 Å². The molecule has 20 heavy (non-hydrogen) atoms. The van der Waals surface area contributed by atoms with Crippen molar-refractivity contribution >= 4 is 10.9 Å². The molecule has 2 nitrogen and oxygen atoms in total. The zero-order valence-corrected chi connectivity index (χ0v) is 12.7. The van der Waals surface area contributed by atoms with Gasteiger partial charge in [0.15, 0.2) is 0 Å². The van der Waals surface area contributed by atoms with Crippen molar-refractivity contribution in [2.24, 2.45) is 0 Å². The van der Waals surface area contributed by atoms with Gasteiger partial charge in [-0.2, -0.15) is 0 Å². The standard InChI is InChI=1S/C18H26N2/c1-3-4-5-6-7-13-17(19-2)16-12-8-10-15-11-9-14-20-18(15)16/h8-12,14,17,19H,3-7,13H2,1-2H3. The lowest BCUT2D eigenvalue weighted by molar-refractivity contribution is 0.503. The van der Waals surface area contributed by atoms with Crippen LogP contribution in [0.5, 0.6) is 0 Å². The first-order valence-electron chi connectivity index (χ1n) is 7.87. The molecule has 1 N–H and O–H groups in total. The Morgan fingerprint density at radius 3 is 2.65 bits per heavy atom. The van der Waals surface area contributed by atoms with Gasteiger partial charge in [0.1, 0.15) is 0 Å². The molecular weight excluding hydrogens is 244 g/mol. The van der Waals surface area contributed by atoms with Crippen LogP contribution in [0.25, 0.3) is 10.9 Å². The lowest BCUT2D eigenvalue weighted by Crippen LogP contribution is -2.16. The first kappa shape index (κ1) is 15.0. The van der Waals surface area contributed by atoms with Gasteiger partial charge in [-0.05, 0) is 25.1 Å². The Hall–Kier alpha value is -1.41. The average Bonchev–Trinajstić information content (AvgIpc) is 2.51. The van der Waals surface area contributed by atoms with Crippen LogP contribution in [-0.2, 0) is 0 Å². The van der Waals surface area contributed by atoms with Crippen molar-refractivity contribution in [3.8, 4) is 0 Å². The summed E-state index contributed by atoms with van der Waals surface area (Å²) in [6, 6.07) is 11.0. The van der Waals surface area contributed by atoms with Crippen molar-refractivity contribution in [3.05, 3.63) is 42.1 Å². The predicted molar refractivity (Wildman–Crippen MR) is 86.9 cm³/mol. The van der Waals surface area contributed by atoms with E-state index >= 15 is 0 Å². The molecule has 2 rings (SSSR count). The van der Waals surface area contributed by atoms with Gasteiger partial charge < -0.3 is 5.32 Å². The number of nitrogens with one attached hydrogen (secondary N) is 1. The summed E-state index contributed by atoms with van der Waals surface area (Å²) in [4.78, 5) is 4.57. The van der Waals surface area contributed by atoms with Crippen LogP contribution >= 0.6 is 0 Å². The van der Waals surface area contributed by atoms with Crippen molar-refractivity contribution < 1.29 is 0 Å². The number of unbranched alkanes of at least 4 members (excludes halogenated alkanes) is 4. The number of nitrogens with zero attached hydrogens (tertiary/aromatic N) is 1. The van der Waals surface area contributed by atoms with Crippen LogP contribution in [0.1, 0.15) is 57.1 Å². The van der Waals surface area contributed by atoms with Gasteiger partial charge in [0.25, 0.3) is 0 Å². The SMILES string of the molecule is CCCCCCCC(NC)c1cccc2cccnc12. The smallest absolute Gasteiger partial charge is 0.0749 e. The monoisotopic (exact) mass is 270 g/mol. The number of rotatable bonds is 8. The molecule has 1 heterocycles. The highest BCUT2D eigenvalue weighted by atomic mass is 14.9. The Kier molecular flexibility index (Phi) is 6.00. The Morgan fingerprint density at radius 1 is 1.05 bits per heavy atom. The number of fused-ring (bicyclic) bond motifs is 1. The van der Waals surface area contributed by atoms with Crippen molar-refractivity contribution in [2.75, 3.05) is 7.05 Å². The van der Waals surface area contributed by atoms with Crippen LogP contribution in [0, 0.1) is 0 Å². The molecule has 0 bridgehead atoms. The molecule has 1 aromatic heterocycles. The lowest BCUT2D eigenvalue weighted by Gasteiger charge is -2.18. The highest BCUT2D eigenvalue weighted by Gasteiger charge is 2.12. The number of aromatic nitrogens is 1. The van der Waals surface area contributed by atoms with Gasteiger partial charge in [-0.1, -0.05) is 63.3 Å². The molecule has 1 unspecified atom stereocenters. The Balaban J connectivity index is 2.05. The predicted octanol–water partition coefficient (Wildman–Crippen LogP) is 4.86. The second-order valence-corrected chi connectivity index (χ2v) is 5.47. The summed E-state index contributed by atoms with van der Waals surface area (Å²) in [5.74, 6) is 0. The van der Waals surface area contributed by atoms with E-state index in [0.717, 1.165) is 5.52 Å². The summed E-state index contributed by atoms with van der Waals surface area (Å²) in [6.07, 6.45) is 9.73. The topological polar surface area (TPSA) is 24.9 Å². The minimum Gasteiger partial charge on any atom is -0.313 e. The molecule has 0 aliphatic carbocycles. The zero-order valence-electron chi connectivity index (χ0n) is 12.7. The molecule has 2 aromatic rings. The van der Waals surface area contributed by atoms with Crippen LogP contribution < -0.4 is 5.32 Å². The summed E-state index contributed by atoms with van der Waals surface area (Å²) in [5.41, 5.74) is 2.48. The number of pyridine rings is 1. The molecule has 0 spiro atoms. The maximum absolute atomic E-state index is 4.57. The van der Waals surface area contributed by atoms with Crippen molar-refractivity contribution in [1.29, 1.82) is 0 Å². The van der Waals surface area contributed by atoms with Crippen molar-refractivity contribution in [3.63, 3.8) is 0 Å². The number of para-hydroxylation sites is 1. The van der Waals surface area contributed by atoms with Gasteiger partial charge in [0.2, 0.25) is 0 Å². The minimum atomic E-state index is 0.412. The normalized spacial score (nSPS) is 12.7. The van der Waals surface area contributed by atoms with Crippen LogP contribution in [0.2, 0.25) is 0 Å². The third-order valence-corrected chi connectivity index (χ3v) is 3.98. The third-order valence-electron chi connectivity index (χ3n) is 3.98. The molecule has 0 saturated heterocycles. The first-order valence-corrected chi connectivity index (χ1v) is 7.87. The molecule has 0 saturated carbocycles. The summed E-state index contributed by atoms with van der Waals surface area (Å²) < 4.78 is 0. The highest BCUT2D eigenvalue weighted by molar-refractivity contribution is 5.81. The van der Waals surface area contributed by atoms with Gasteiger partial charge in [0.05, 0.1) is 5.52 Å². The van der Waals surface area contributed by atoms with E-state index in [9.17, 15) is 0 Å². The van der Waals surface area contributed by atoms with Gasteiger partial charge in [0, 0.05) is 17.6 Å². The second-order valence-electron chi connectivity index (χ2n) is 5.47. The van der Waals surface area contributed by atoms with E-state index in [1.165, 1.54) is 49.5 Å². The molecule has 108 valence electrons. The summed E-state index contributed by atoms with van der Waals surface area (Å²) >= 11 is 0. The van der Waals surface area contributed by atoms with Crippen LogP contribution in [0.3, 0.4) is 0 Å². The van der Waals surface area contributed by atoms with E-state index in [0.29, 0.717) is 6.04 Å². The zero-order chi connectivity index (χ0) is 14.2. The van der Waals surface area contributed by atoms with E-state index < -0.39 is 0 Å². The Labute approximate surface area is 122 Å². The van der Waals surface area contributed by atoms with Crippen molar-refractivity contribution in [1.82, 2.24) is 10.3 Å². The highest BCUT2D eigenvalue weighted by Crippen LogP contribution is 2.26. The summed E-state index contributed by atoms with van der Waals surface area (Å²) in [6.45, 7) is 2.26. The maximum Gasteiger partial charge on any atom is 0.0749 e. The molecule has 1 atom stereocenters. The van der Waals surface area contributed by atoms with Gasteiger partial charge >= 0.3 is 0 Å². The molecule has 1 aromatic carbocycles. The van der Waals surface area contributed by atoms with Crippen molar-refractivity contribution in [2.45, 2.75) is 51.5 Å². The second kappa shape index (κ2) is 8.01. The summed E-state index contributed by atoms with van der Waals surface area (Å²) in [7, 11) is 2.05. The molecule has 2 heteroatoms. The molecular formula is C18H26N2. The molecule has 0 amide bonds. The number of hydrogen-bond donors (Lipinski definition) is 1. The van der Waals surface area contributed by atoms with E-state index in [4.69, 9.17) is 0 Å². The Bertz CT molecular complexity index is 516. The molecule has 0 aliphatic rings. The van der Waals surface area contributed by atoms with Crippen LogP contribution in [0.15, 0.2) is 36.5 Å². The minimum absolute atomic E-state index is 0.412. The first-order chi connectivity index (χ1) is 9.86. The fourth-order valence-electron chi connectivity index (χ4n) is 2.82. The third kappa shape index (κ3) is 3.80. The van der Waals surface area contributed by atoms with E-state index in [1.807, 2.05) is 12.3 Å². The number of benzene rings is 1. The maximum atomic E-state index is 4.57. The fourth-order valence-corrected chi connectivity index (χ4v) is 2.82. The summed E-state index contributed by atoms with van der Waals surface area (Å²) in [5, 5.41) is 4.69. The van der Waals surface area contributed by atoms with E-state index in [-0.39, 0.29) is 0 Å². The Morgan fingerprint density at radius 2 is 1.85 bits per heavy atom. The number of hydrogen-bond acceptors (Lipinski definition) is 2. The van der Waals surface area contributed by atoms with Gasteiger partial charge in [-0.3, -0.25) is 4.98 Å². The van der Waals surface area contributed by atoms with E-state index in [1.54, 1.807) is 0 Å².